The van der Waals surface area contributed by atoms with E-state index in [-0.39, 0.29) is 11.9 Å². The standard InChI is InChI=1S/C19H22ClNO2/c1-3-6-14(2)21-19(22)17-7-4-5-8-18(17)23-13-15-9-11-16(20)12-10-15/h4-5,7-12,14H,3,6,13H2,1-2H3,(H,21,22). The molecule has 0 heterocycles. The molecule has 3 nitrogen and oxygen atoms in total. The lowest BCUT2D eigenvalue weighted by Gasteiger charge is -2.15. The average Bonchev–Trinajstić information content (AvgIpc) is 2.55. The van der Waals surface area contributed by atoms with Gasteiger partial charge >= 0.3 is 0 Å². The van der Waals surface area contributed by atoms with Crippen molar-refractivity contribution in [2.24, 2.45) is 0 Å². The third kappa shape index (κ3) is 5.29. The molecule has 1 N–H and O–H groups in total. The van der Waals surface area contributed by atoms with E-state index >= 15 is 0 Å². The number of amides is 1. The molecule has 0 saturated heterocycles. The van der Waals surface area contributed by atoms with E-state index in [0.29, 0.717) is 22.9 Å². The zero-order valence-electron chi connectivity index (χ0n) is 13.5. The van der Waals surface area contributed by atoms with E-state index in [1.54, 1.807) is 6.07 Å². The average molecular weight is 332 g/mol. The number of para-hydroxylation sites is 1. The highest BCUT2D eigenvalue weighted by Crippen LogP contribution is 2.20. The molecule has 23 heavy (non-hydrogen) atoms. The van der Waals surface area contributed by atoms with Gasteiger partial charge in [-0.05, 0) is 43.2 Å². The predicted molar refractivity (Wildman–Crippen MR) is 94.1 cm³/mol. The van der Waals surface area contributed by atoms with Crippen LogP contribution in [-0.2, 0) is 6.61 Å². The molecule has 2 aromatic rings. The minimum atomic E-state index is -0.0994. The van der Waals surface area contributed by atoms with Gasteiger partial charge < -0.3 is 10.1 Å². The van der Waals surface area contributed by atoms with Crippen LogP contribution < -0.4 is 10.1 Å². The van der Waals surface area contributed by atoms with E-state index < -0.39 is 0 Å². The molecule has 2 aromatic carbocycles. The number of benzene rings is 2. The van der Waals surface area contributed by atoms with Crippen LogP contribution in [0.25, 0.3) is 0 Å². The number of carbonyl (C=O) groups is 1. The maximum atomic E-state index is 12.4. The number of carbonyl (C=O) groups excluding carboxylic acids is 1. The Hall–Kier alpha value is -2.00. The predicted octanol–water partition coefficient (Wildman–Crippen LogP) is 4.84. The zero-order valence-corrected chi connectivity index (χ0v) is 14.3. The molecule has 0 saturated carbocycles. The third-order valence-electron chi connectivity index (χ3n) is 3.54. The summed E-state index contributed by atoms with van der Waals surface area (Å²) in [6.45, 7) is 4.51. The second-order valence-electron chi connectivity index (χ2n) is 5.57. The SMILES string of the molecule is CCCC(C)NC(=O)c1ccccc1OCc1ccc(Cl)cc1. The molecule has 0 aliphatic rings. The number of hydrogen-bond acceptors (Lipinski definition) is 2. The molecule has 122 valence electrons. The van der Waals surface area contributed by atoms with Gasteiger partial charge in [-0.3, -0.25) is 4.79 Å². The summed E-state index contributed by atoms with van der Waals surface area (Å²) in [4.78, 5) is 12.4. The van der Waals surface area contributed by atoms with Gasteiger partial charge in [0.25, 0.3) is 5.91 Å². The smallest absolute Gasteiger partial charge is 0.255 e. The van der Waals surface area contributed by atoms with Gasteiger partial charge in [-0.15, -0.1) is 0 Å². The molecule has 1 atom stereocenters. The fourth-order valence-electron chi connectivity index (χ4n) is 2.33. The van der Waals surface area contributed by atoms with Gasteiger partial charge in [0.2, 0.25) is 0 Å². The molecule has 0 bridgehead atoms. The number of halogens is 1. The number of rotatable bonds is 7. The van der Waals surface area contributed by atoms with Crippen molar-refractivity contribution < 1.29 is 9.53 Å². The summed E-state index contributed by atoms with van der Waals surface area (Å²) < 4.78 is 5.82. The Labute approximate surface area is 142 Å². The lowest BCUT2D eigenvalue weighted by Crippen LogP contribution is -2.32. The van der Waals surface area contributed by atoms with Crippen molar-refractivity contribution in [3.05, 3.63) is 64.7 Å². The lowest BCUT2D eigenvalue weighted by molar-refractivity contribution is 0.0934. The number of ether oxygens (including phenoxy) is 1. The Bertz CT molecular complexity index is 640. The Morgan fingerprint density at radius 2 is 1.87 bits per heavy atom. The van der Waals surface area contributed by atoms with Gasteiger partial charge in [-0.1, -0.05) is 49.2 Å². The van der Waals surface area contributed by atoms with Crippen LogP contribution in [0.5, 0.6) is 5.75 Å². The normalized spacial score (nSPS) is 11.8. The molecule has 2 rings (SSSR count). The van der Waals surface area contributed by atoms with Crippen LogP contribution in [0.15, 0.2) is 48.5 Å². The second-order valence-corrected chi connectivity index (χ2v) is 6.01. The molecular weight excluding hydrogens is 310 g/mol. The molecule has 4 heteroatoms. The first-order valence-electron chi connectivity index (χ1n) is 7.87. The Morgan fingerprint density at radius 1 is 1.17 bits per heavy atom. The largest absolute Gasteiger partial charge is 0.488 e. The molecule has 0 spiro atoms. The van der Waals surface area contributed by atoms with Gasteiger partial charge in [0.1, 0.15) is 12.4 Å². The van der Waals surface area contributed by atoms with Gasteiger partial charge in [0, 0.05) is 11.1 Å². The summed E-state index contributed by atoms with van der Waals surface area (Å²) in [5.41, 5.74) is 1.56. The summed E-state index contributed by atoms with van der Waals surface area (Å²) in [7, 11) is 0. The topological polar surface area (TPSA) is 38.3 Å². The van der Waals surface area contributed by atoms with Crippen LogP contribution in [0.1, 0.15) is 42.6 Å². The van der Waals surface area contributed by atoms with E-state index in [1.807, 2.05) is 49.4 Å². The van der Waals surface area contributed by atoms with Crippen LogP contribution in [-0.4, -0.2) is 11.9 Å². The van der Waals surface area contributed by atoms with Crippen LogP contribution in [0.4, 0.5) is 0 Å². The van der Waals surface area contributed by atoms with Crippen molar-refractivity contribution in [3.63, 3.8) is 0 Å². The molecule has 1 unspecified atom stereocenters. The van der Waals surface area contributed by atoms with Gasteiger partial charge in [-0.25, -0.2) is 0 Å². The Balaban J connectivity index is 2.04. The Kier molecular flexibility index (Phi) is 6.48. The summed E-state index contributed by atoms with van der Waals surface area (Å²) in [6.07, 6.45) is 2.00. The molecule has 0 fully saturated rings. The molecular formula is C19H22ClNO2. The maximum absolute atomic E-state index is 12.4. The summed E-state index contributed by atoms with van der Waals surface area (Å²) in [5.74, 6) is 0.487. The minimum Gasteiger partial charge on any atom is -0.488 e. The van der Waals surface area contributed by atoms with Crippen LogP contribution in [0, 0.1) is 0 Å². The highest BCUT2D eigenvalue weighted by atomic mass is 35.5. The lowest BCUT2D eigenvalue weighted by atomic mass is 10.1. The van der Waals surface area contributed by atoms with E-state index in [4.69, 9.17) is 16.3 Å². The minimum absolute atomic E-state index is 0.0994. The van der Waals surface area contributed by atoms with Gasteiger partial charge in [-0.2, -0.15) is 0 Å². The maximum Gasteiger partial charge on any atom is 0.255 e. The fraction of sp³-hybridized carbons (Fsp3) is 0.316. The third-order valence-corrected chi connectivity index (χ3v) is 3.79. The van der Waals surface area contributed by atoms with Crippen molar-refractivity contribution in [1.82, 2.24) is 5.32 Å². The molecule has 0 radical (unpaired) electrons. The molecule has 0 aromatic heterocycles. The van der Waals surface area contributed by atoms with Crippen molar-refractivity contribution in [2.75, 3.05) is 0 Å². The van der Waals surface area contributed by atoms with Gasteiger partial charge in [0.05, 0.1) is 5.56 Å². The highest BCUT2D eigenvalue weighted by Gasteiger charge is 2.14. The number of nitrogens with one attached hydrogen (secondary N) is 1. The summed E-state index contributed by atoms with van der Waals surface area (Å²) in [6, 6.07) is 14.9. The summed E-state index contributed by atoms with van der Waals surface area (Å²) >= 11 is 5.88. The van der Waals surface area contributed by atoms with Crippen molar-refractivity contribution in [2.45, 2.75) is 39.3 Å². The summed E-state index contributed by atoms with van der Waals surface area (Å²) in [5, 5.41) is 3.70. The van der Waals surface area contributed by atoms with Crippen molar-refractivity contribution >= 4 is 17.5 Å². The highest BCUT2D eigenvalue weighted by molar-refractivity contribution is 6.30. The van der Waals surface area contributed by atoms with Crippen LogP contribution in [0.3, 0.4) is 0 Å². The monoisotopic (exact) mass is 331 g/mol. The van der Waals surface area contributed by atoms with Crippen LogP contribution in [0.2, 0.25) is 5.02 Å². The van der Waals surface area contributed by atoms with E-state index in [2.05, 4.69) is 12.2 Å². The van der Waals surface area contributed by atoms with Crippen LogP contribution >= 0.6 is 11.6 Å². The quantitative estimate of drug-likeness (QED) is 0.788. The van der Waals surface area contributed by atoms with E-state index in [0.717, 1.165) is 18.4 Å². The van der Waals surface area contributed by atoms with E-state index in [1.165, 1.54) is 0 Å². The first-order valence-corrected chi connectivity index (χ1v) is 8.25. The fourth-order valence-corrected chi connectivity index (χ4v) is 2.45. The second kappa shape index (κ2) is 8.59. The first kappa shape index (κ1) is 17.4. The van der Waals surface area contributed by atoms with Gasteiger partial charge in [0.15, 0.2) is 0 Å². The molecule has 1 amide bonds. The van der Waals surface area contributed by atoms with Crippen molar-refractivity contribution in [3.8, 4) is 5.75 Å². The first-order chi connectivity index (χ1) is 11.1. The van der Waals surface area contributed by atoms with Crippen molar-refractivity contribution in [1.29, 1.82) is 0 Å². The van der Waals surface area contributed by atoms with E-state index in [9.17, 15) is 4.79 Å². The zero-order chi connectivity index (χ0) is 16.7. The Morgan fingerprint density at radius 3 is 2.57 bits per heavy atom. The molecule has 0 aliphatic heterocycles. The molecule has 0 aliphatic carbocycles. The number of hydrogen-bond donors (Lipinski definition) is 1.